The Balaban J connectivity index is 0.000000152. The van der Waals surface area contributed by atoms with Crippen LogP contribution in [0.3, 0.4) is 0 Å². The third kappa shape index (κ3) is 5.77. The summed E-state index contributed by atoms with van der Waals surface area (Å²) >= 11 is 1.51. The third-order valence-electron chi connectivity index (χ3n) is 10.1. The lowest BCUT2D eigenvalue weighted by Crippen LogP contribution is -2.21. The molecule has 4 heterocycles. The molecule has 4 aromatic heterocycles. The normalized spacial score (nSPS) is 11.5. The fourth-order valence-electron chi connectivity index (χ4n) is 7.44. The van der Waals surface area contributed by atoms with Gasteiger partial charge in [0.25, 0.3) is 0 Å². The molecule has 9 heteroatoms. The SMILES string of the molecule is CCN(CC)c1ccc2cc(-c3nc4ccccc4s3)c(=O)oc2c1.CCn1c2ccccc2c(=O)c2cc3c(cc21)c(=O)c1ccccc1n3CC. The topological polar surface area (TPSA) is 90.3 Å². The number of aryl methyl sites for hydroxylation is 2. The van der Waals surface area contributed by atoms with Crippen molar-refractivity contribution in [1.29, 1.82) is 0 Å². The number of fused-ring (bicyclic) bond motifs is 6. The number of hydrogen-bond donors (Lipinski definition) is 0. The summed E-state index contributed by atoms with van der Waals surface area (Å²) in [6, 6.07) is 34.9. The number of para-hydroxylation sites is 3. The first-order valence-electron chi connectivity index (χ1n) is 18.0. The summed E-state index contributed by atoms with van der Waals surface area (Å²) in [6.45, 7) is 11.6. The molecule has 8 nitrogen and oxygen atoms in total. The fourth-order valence-corrected chi connectivity index (χ4v) is 8.41. The lowest BCUT2D eigenvalue weighted by atomic mass is 10.0. The zero-order chi connectivity index (χ0) is 36.8. The van der Waals surface area contributed by atoms with Crippen LogP contribution < -0.4 is 21.4 Å². The number of aromatic nitrogens is 3. The van der Waals surface area contributed by atoms with E-state index in [9.17, 15) is 14.4 Å². The highest BCUT2D eigenvalue weighted by Crippen LogP contribution is 2.31. The highest BCUT2D eigenvalue weighted by atomic mass is 32.1. The predicted octanol–water partition coefficient (Wildman–Crippen LogP) is 9.58. The molecule has 0 aliphatic heterocycles. The number of nitrogens with zero attached hydrogens (tertiary/aromatic N) is 4. The molecule has 0 aliphatic carbocycles. The molecule has 0 atom stereocenters. The van der Waals surface area contributed by atoms with Gasteiger partial charge in [-0.25, -0.2) is 9.78 Å². The van der Waals surface area contributed by atoms with Gasteiger partial charge in [0, 0.05) is 64.9 Å². The second-order valence-corrected chi connectivity index (χ2v) is 13.9. The smallest absolute Gasteiger partial charge is 0.346 e. The van der Waals surface area contributed by atoms with E-state index in [2.05, 4.69) is 52.8 Å². The van der Waals surface area contributed by atoms with Gasteiger partial charge in [0.15, 0.2) is 10.9 Å². The minimum absolute atomic E-state index is 0.0143. The molecule has 0 saturated heterocycles. The van der Waals surface area contributed by atoms with Crippen molar-refractivity contribution in [2.24, 2.45) is 0 Å². The molecule has 0 bridgehead atoms. The standard InChI is InChI=1S/C24H20N2O2.C20H18N2O2S/c1-3-25-19-11-7-5-9-15(19)23(27)17-14-22-18(13-21(17)25)24(28)16-10-6-8-12-20(16)26(22)4-2;1-3-22(4-2)14-10-9-13-11-15(20(23)24-17(13)12-14)19-21-16-7-5-6-8-18(16)25-19/h5-14H,3-4H2,1-2H3;5-12H,3-4H2,1-2H3. The summed E-state index contributed by atoms with van der Waals surface area (Å²) < 4.78 is 10.9. The number of thiazole rings is 1. The molecular formula is C44H38N4O4S. The van der Waals surface area contributed by atoms with Gasteiger partial charge in [0.2, 0.25) is 0 Å². The number of pyridine rings is 2. The van der Waals surface area contributed by atoms with Gasteiger partial charge >= 0.3 is 5.63 Å². The van der Waals surface area contributed by atoms with E-state index >= 15 is 0 Å². The maximum Gasteiger partial charge on any atom is 0.346 e. The van der Waals surface area contributed by atoms with Gasteiger partial charge < -0.3 is 18.5 Å². The fraction of sp³-hybridized carbons (Fsp3) is 0.182. The quantitative estimate of drug-likeness (QED) is 0.126. The van der Waals surface area contributed by atoms with Gasteiger partial charge in [0.05, 0.1) is 37.8 Å². The molecule has 0 N–H and O–H groups in total. The molecule has 0 radical (unpaired) electrons. The summed E-state index contributed by atoms with van der Waals surface area (Å²) in [7, 11) is 0. The Labute approximate surface area is 308 Å². The van der Waals surface area contributed by atoms with Gasteiger partial charge in [-0.3, -0.25) is 9.59 Å². The lowest BCUT2D eigenvalue weighted by Gasteiger charge is -2.20. The zero-order valence-electron chi connectivity index (χ0n) is 30.1. The van der Waals surface area contributed by atoms with Crippen LogP contribution in [0.25, 0.3) is 75.4 Å². The zero-order valence-corrected chi connectivity index (χ0v) is 30.9. The molecule has 53 heavy (non-hydrogen) atoms. The van der Waals surface area contributed by atoms with Gasteiger partial charge in [-0.15, -0.1) is 11.3 Å². The van der Waals surface area contributed by atoms with Gasteiger partial charge in [0.1, 0.15) is 10.6 Å². The number of hydrogen-bond acceptors (Lipinski definition) is 7. The molecule has 264 valence electrons. The summed E-state index contributed by atoms with van der Waals surface area (Å²) in [5.74, 6) is 0. The first-order valence-corrected chi connectivity index (χ1v) is 18.9. The Morgan fingerprint density at radius 3 is 1.75 bits per heavy atom. The van der Waals surface area contributed by atoms with E-state index in [1.165, 1.54) is 11.3 Å². The molecule has 0 spiro atoms. The average Bonchev–Trinajstić information content (AvgIpc) is 3.63. The lowest BCUT2D eigenvalue weighted by molar-refractivity contribution is 0.563. The molecule has 0 unspecified atom stereocenters. The van der Waals surface area contributed by atoms with Gasteiger partial charge in [-0.2, -0.15) is 0 Å². The molecule has 0 aliphatic rings. The summed E-state index contributed by atoms with van der Waals surface area (Å²) in [5, 5.41) is 4.34. The van der Waals surface area contributed by atoms with Crippen LogP contribution in [0.1, 0.15) is 27.7 Å². The van der Waals surface area contributed by atoms with Crippen LogP contribution in [-0.2, 0) is 13.1 Å². The van der Waals surface area contributed by atoms with Crippen LogP contribution in [0.15, 0.2) is 128 Å². The monoisotopic (exact) mass is 718 g/mol. The van der Waals surface area contributed by atoms with Crippen LogP contribution in [0.5, 0.6) is 0 Å². The van der Waals surface area contributed by atoms with Crippen molar-refractivity contribution in [3.8, 4) is 10.6 Å². The highest BCUT2D eigenvalue weighted by molar-refractivity contribution is 7.21. The summed E-state index contributed by atoms with van der Waals surface area (Å²) in [4.78, 5) is 45.8. The number of rotatable bonds is 6. The maximum absolute atomic E-state index is 13.2. The average molecular weight is 719 g/mol. The van der Waals surface area contributed by atoms with E-state index in [0.29, 0.717) is 37.7 Å². The Kier molecular flexibility index (Phi) is 8.88. The van der Waals surface area contributed by atoms with Crippen molar-refractivity contribution in [2.45, 2.75) is 40.8 Å². The Hall–Kier alpha value is -6.06. The van der Waals surface area contributed by atoms with Crippen molar-refractivity contribution in [3.05, 3.63) is 140 Å². The van der Waals surface area contributed by atoms with Crippen molar-refractivity contribution in [1.82, 2.24) is 14.1 Å². The van der Waals surface area contributed by atoms with Gasteiger partial charge in [-0.1, -0.05) is 36.4 Å². The summed E-state index contributed by atoms with van der Waals surface area (Å²) in [5.41, 5.74) is 6.21. The van der Waals surface area contributed by atoms with E-state index in [1.54, 1.807) is 0 Å². The highest BCUT2D eigenvalue weighted by Gasteiger charge is 2.16. The first-order chi connectivity index (χ1) is 25.8. The molecule has 0 amide bonds. The van der Waals surface area contributed by atoms with E-state index in [1.807, 2.05) is 103 Å². The Bertz CT molecular complexity index is 2890. The van der Waals surface area contributed by atoms with Crippen LogP contribution in [0.4, 0.5) is 5.69 Å². The molecule has 9 aromatic rings. The van der Waals surface area contributed by atoms with Crippen molar-refractivity contribution >= 4 is 81.8 Å². The number of anilines is 1. The second-order valence-electron chi connectivity index (χ2n) is 12.9. The number of benzene rings is 5. The summed E-state index contributed by atoms with van der Waals surface area (Å²) in [6.07, 6.45) is 0. The molecule has 0 saturated carbocycles. The minimum atomic E-state index is -0.344. The minimum Gasteiger partial charge on any atom is -0.422 e. The van der Waals surface area contributed by atoms with Crippen molar-refractivity contribution in [2.75, 3.05) is 18.0 Å². The van der Waals surface area contributed by atoms with E-state index in [0.717, 1.165) is 69.5 Å². The molecular weight excluding hydrogens is 681 g/mol. The van der Waals surface area contributed by atoms with E-state index in [4.69, 9.17) is 4.42 Å². The van der Waals surface area contributed by atoms with Crippen molar-refractivity contribution < 1.29 is 4.42 Å². The van der Waals surface area contributed by atoms with E-state index < -0.39 is 0 Å². The first kappa shape index (κ1) is 34.0. The second kappa shape index (κ2) is 13.8. The van der Waals surface area contributed by atoms with Gasteiger partial charge in [-0.05, 0) is 94.4 Å². The van der Waals surface area contributed by atoms with Crippen LogP contribution in [0.2, 0.25) is 0 Å². The third-order valence-corrected chi connectivity index (χ3v) is 11.1. The van der Waals surface area contributed by atoms with Crippen molar-refractivity contribution in [3.63, 3.8) is 0 Å². The molecule has 9 rings (SSSR count). The largest absolute Gasteiger partial charge is 0.422 e. The molecule has 0 fully saturated rings. The van der Waals surface area contributed by atoms with Crippen LogP contribution >= 0.6 is 11.3 Å². The Morgan fingerprint density at radius 1 is 0.623 bits per heavy atom. The molecule has 5 aromatic carbocycles. The van der Waals surface area contributed by atoms with E-state index in [-0.39, 0.29) is 16.5 Å². The van der Waals surface area contributed by atoms with Crippen LogP contribution in [0, 0.1) is 0 Å². The Morgan fingerprint density at radius 2 is 1.19 bits per heavy atom. The predicted molar refractivity (Wildman–Crippen MR) is 221 cm³/mol. The maximum atomic E-state index is 13.2. The van der Waals surface area contributed by atoms with Crippen LogP contribution in [-0.4, -0.2) is 27.2 Å².